The van der Waals surface area contributed by atoms with E-state index in [0.29, 0.717) is 31.0 Å². The molecule has 0 aromatic heterocycles. The van der Waals surface area contributed by atoms with Crippen LogP contribution in [0.4, 0.5) is 0 Å². The van der Waals surface area contributed by atoms with E-state index in [2.05, 4.69) is 26.1 Å². The lowest BCUT2D eigenvalue weighted by molar-refractivity contribution is -0.144. The summed E-state index contributed by atoms with van der Waals surface area (Å²) in [7, 11) is 1.70. The molecule has 21 heavy (non-hydrogen) atoms. The third-order valence-electron chi connectivity index (χ3n) is 5.14. The van der Waals surface area contributed by atoms with Gasteiger partial charge in [-0.1, -0.05) is 27.2 Å². The maximum absolute atomic E-state index is 11.2. The summed E-state index contributed by atoms with van der Waals surface area (Å²) < 4.78 is 6.13. The normalized spacial score (nSPS) is 29.3. The smallest absolute Gasteiger partial charge is 0.323 e. The Morgan fingerprint density at radius 2 is 2.10 bits per heavy atom. The first-order chi connectivity index (χ1) is 9.80. The van der Waals surface area contributed by atoms with Crippen molar-refractivity contribution < 1.29 is 14.6 Å². The van der Waals surface area contributed by atoms with Crippen LogP contribution in [0.3, 0.4) is 0 Å². The third-order valence-corrected chi connectivity index (χ3v) is 5.14. The topological polar surface area (TPSA) is 58.6 Å². The number of aliphatic carboxylic acids is 1. The summed E-state index contributed by atoms with van der Waals surface area (Å²) in [5.41, 5.74) is -0.847. The highest BCUT2D eigenvalue weighted by atomic mass is 16.5. The molecule has 0 radical (unpaired) electrons. The molecule has 0 spiro atoms. The molecular weight excluding hydrogens is 266 g/mol. The molecule has 4 unspecified atom stereocenters. The van der Waals surface area contributed by atoms with Gasteiger partial charge in [-0.15, -0.1) is 0 Å². The Kier molecular flexibility index (Phi) is 7.14. The van der Waals surface area contributed by atoms with Crippen LogP contribution in [-0.2, 0) is 9.53 Å². The summed E-state index contributed by atoms with van der Waals surface area (Å²) in [6.45, 7) is 9.24. The molecule has 0 amide bonds. The fourth-order valence-electron chi connectivity index (χ4n) is 3.31. The van der Waals surface area contributed by atoms with E-state index < -0.39 is 11.5 Å². The molecule has 0 aromatic rings. The van der Waals surface area contributed by atoms with Crippen molar-refractivity contribution in [1.29, 1.82) is 0 Å². The van der Waals surface area contributed by atoms with Crippen LogP contribution >= 0.6 is 0 Å². The third kappa shape index (κ3) is 5.26. The second kappa shape index (κ2) is 8.14. The van der Waals surface area contributed by atoms with Gasteiger partial charge in [0.1, 0.15) is 5.54 Å². The number of hydrogen-bond acceptors (Lipinski definition) is 3. The van der Waals surface area contributed by atoms with Gasteiger partial charge in [-0.3, -0.25) is 4.79 Å². The number of rotatable bonds is 8. The first-order valence-electron chi connectivity index (χ1n) is 8.34. The van der Waals surface area contributed by atoms with Crippen LogP contribution in [0.15, 0.2) is 0 Å². The minimum absolute atomic E-state index is 0.347. The molecule has 1 rings (SSSR count). The van der Waals surface area contributed by atoms with Gasteiger partial charge in [0.05, 0.1) is 6.10 Å². The Morgan fingerprint density at radius 3 is 2.62 bits per heavy atom. The number of carboxylic acids is 1. The lowest BCUT2D eigenvalue weighted by Gasteiger charge is -2.37. The molecule has 0 saturated heterocycles. The van der Waals surface area contributed by atoms with Crippen molar-refractivity contribution in [2.24, 2.45) is 17.8 Å². The summed E-state index contributed by atoms with van der Waals surface area (Å²) >= 11 is 0. The zero-order valence-electron chi connectivity index (χ0n) is 14.3. The molecule has 1 saturated carbocycles. The Labute approximate surface area is 129 Å². The van der Waals surface area contributed by atoms with E-state index >= 15 is 0 Å². The highest BCUT2D eigenvalue weighted by Crippen LogP contribution is 2.35. The van der Waals surface area contributed by atoms with Gasteiger partial charge in [0.2, 0.25) is 0 Å². The predicted molar refractivity (Wildman–Crippen MR) is 85.4 cm³/mol. The van der Waals surface area contributed by atoms with Gasteiger partial charge in [0, 0.05) is 6.61 Å². The second-order valence-corrected chi connectivity index (χ2v) is 7.23. The van der Waals surface area contributed by atoms with E-state index in [9.17, 15) is 9.90 Å². The molecular formula is C17H33NO3. The molecule has 2 N–H and O–H groups in total. The van der Waals surface area contributed by atoms with Crippen LogP contribution in [-0.4, -0.2) is 36.4 Å². The van der Waals surface area contributed by atoms with Crippen molar-refractivity contribution in [2.45, 2.75) is 71.4 Å². The fraction of sp³-hybridized carbons (Fsp3) is 0.941. The first kappa shape index (κ1) is 18.4. The van der Waals surface area contributed by atoms with Gasteiger partial charge in [-0.2, -0.15) is 0 Å². The van der Waals surface area contributed by atoms with Gasteiger partial charge in [0.15, 0.2) is 0 Å². The molecule has 1 aliphatic rings. The SMILES string of the molecule is CNC(C)(CCCOC1CC(C)CCC1C(C)C)C(=O)O. The van der Waals surface area contributed by atoms with Crippen molar-refractivity contribution in [3.05, 3.63) is 0 Å². The van der Waals surface area contributed by atoms with E-state index in [0.717, 1.165) is 18.8 Å². The Morgan fingerprint density at radius 1 is 1.43 bits per heavy atom. The Bertz CT molecular complexity index is 332. The lowest BCUT2D eigenvalue weighted by Crippen LogP contribution is -2.47. The van der Waals surface area contributed by atoms with Crippen molar-refractivity contribution in [3.63, 3.8) is 0 Å². The zero-order valence-corrected chi connectivity index (χ0v) is 14.3. The van der Waals surface area contributed by atoms with E-state index in [1.165, 1.54) is 12.8 Å². The summed E-state index contributed by atoms with van der Waals surface area (Å²) in [5, 5.41) is 12.1. The maximum Gasteiger partial charge on any atom is 0.323 e. The van der Waals surface area contributed by atoms with Gasteiger partial charge in [0.25, 0.3) is 0 Å². The average molecular weight is 299 g/mol. The summed E-state index contributed by atoms with van der Waals surface area (Å²) in [5.74, 6) is 1.25. The van der Waals surface area contributed by atoms with Gasteiger partial charge >= 0.3 is 5.97 Å². The molecule has 4 atom stereocenters. The molecule has 4 nitrogen and oxygen atoms in total. The average Bonchev–Trinajstić information content (AvgIpc) is 2.42. The molecule has 0 heterocycles. The quantitative estimate of drug-likeness (QED) is 0.675. The van der Waals surface area contributed by atoms with Gasteiger partial charge in [-0.05, 0) is 57.4 Å². The summed E-state index contributed by atoms with van der Waals surface area (Å²) in [4.78, 5) is 11.2. The fourth-order valence-corrected chi connectivity index (χ4v) is 3.31. The van der Waals surface area contributed by atoms with E-state index in [4.69, 9.17) is 4.74 Å². The summed E-state index contributed by atoms with van der Waals surface area (Å²) in [6.07, 6.45) is 5.42. The largest absolute Gasteiger partial charge is 0.480 e. The van der Waals surface area contributed by atoms with Crippen molar-refractivity contribution in [3.8, 4) is 0 Å². The van der Waals surface area contributed by atoms with Crippen LogP contribution < -0.4 is 5.32 Å². The van der Waals surface area contributed by atoms with Crippen LogP contribution in [0.5, 0.6) is 0 Å². The molecule has 0 bridgehead atoms. The number of hydrogen-bond donors (Lipinski definition) is 2. The minimum atomic E-state index is -0.847. The Balaban J connectivity index is 2.41. The molecule has 4 heteroatoms. The van der Waals surface area contributed by atoms with Crippen molar-refractivity contribution in [2.75, 3.05) is 13.7 Å². The van der Waals surface area contributed by atoms with Crippen LogP contribution in [0, 0.1) is 17.8 Å². The maximum atomic E-state index is 11.2. The minimum Gasteiger partial charge on any atom is -0.480 e. The summed E-state index contributed by atoms with van der Waals surface area (Å²) in [6, 6.07) is 0. The molecule has 124 valence electrons. The Hall–Kier alpha value is -0.610. The van der Waals surface area contributed by atoms with E-state index in [-0.39, 0.29) is 0 Å². The van der Waals surface area contributed by atoms with Gasteiger partial charge in [-0.25, -0.2) is 0 Å². The number of carbonyl (C=O) groups is 1. The highest BCUT2D eigenvalue weighted by molar-refractivity contribution is 5.78. The number of carboxylic acid groups (broad SMARTS) is 1. The monoisotopic (exact) mass is 299 g/mol. The second-order valence-electron chi connectivity index (χ2n) is 7.23. The van der Waals surface area contributed by atoms with Crippen molar-refractivity contribution >= 4 is 5.97 Å². The predicted octanol–water partition coefficient (Wildman–Crippen LogP) is 3.31. The number of nitrogens with one attached hydrogen (secondary N) is 1. The molecule has 0 aliphatic heterocycles. The number of ether oxygens (including phenoxy) is 1. The van der Waals surface area contributed by atoms with Crippen LogP contribution in [0.2, 0.25) is 0 Å². The van der Waals surface area contributed by atoms with Crippen LogP contribution in [0.25, 0.3) is 0 Å². The molecule has 1 aliphatic carbocycles. The standard InChI is InChI=1S/C17H33NO3/c1-12(2)14-8-7-13(3)11-15(14)21-10-6-9-17(4,18-5)16(19)20/h12-15,18H,6-11H2,1-5H3,(H,19,20). The van der Waals surface area contributed by atoms with E-state index in [1.54, 1.807) is 14.0 Å². The van der Waals surface area contributed by atoms with Crippen LogP contribution in [0.1, 0.15) is 59.8 Å². The van der Waals surface area contributed by atoms with Crippen molar-refractivity contribution in [1.82, 2.24) is 5.32 Å². The first-order valence-corrected chi connectivity index (χ1v) is 8.34. The van der Waals surface area contributed by atoms with E-state index in [1.807, 2.05) is 0 Å². The molecule has 1 fully saturated rings. The number of likely N-dealkylation sites (N-methyl/N-ethyl adjacent to an activating group) is 1. The lowest BCUT2D eigenvalue weighted by atomic mass is 9.75. The molecule has 0 aromatic carbocycles. The van der Waals surface area contributed by atoms with Gasteiger partial charge < -0.3 is 15.2 Å². The highest BCUT2D eigenvalue weighted by Gasteiger charge is 2.32. The zero-order chi connectivity index (χ0) is 16.0.